The summed E-state index contributed by atoms with van der Waals surface area (Å²) in [6.07, 6.45) is 1.54. The minimum Gasteiger partial charge on any atom is -0.317 e. The first-order valence-electron chi connectivity index (χ1n) is 5.40. The Bertz CT molecular complexity index is 347. The highest BCUT2D eigenvalue weighted by atomic mass is 16.2. The molecule has 0 bridgehead atoms. The number of nitrogens with zero attached hydrogens (tertiary/aromatic N) is 1. The van der Waals surface area contributed by atoms with Gasteiger partial charge in [-0.25, -0.2) is 0 Å². The number of amides is 3. The first-order valence-corrected chi connectivity index (χ1v) is 5.40. The van der Waals surface area contributed by atoms with Crippen LogP contribution in [-0.2, 0) is 14.4 Å². The highest BCUT2D eigenvalue weighted by Gasteiger charge is 2.52. The van der Waals surface area contributed by atoms with Crippen LogP contribution in [0.5, 0.6) is 0 Å². The largest absolute Gasteiger partial charge is 0.317 e. The van der Waals surface area contributed by atoms with Gasteiger partial charge in [0.1, 0.15) is 0 Å². The molecule has 0 aromatic rings. The number of hydrogen-bond donors (Lipinski definition) is 2. The van der Waals surface area contributed by atoms with E-state index in [4.69, 9.17) is 0 Å². The van der Waals surface area contributed by atoms with Gasteiger partial charge in [0, 0.05) is 13.3 Å². The Balaban J connectivity index is 2.17. The molecule has 0 saturated carbocycles. The minimum absolute atomic E-state index is 0.216. The third-order valence-corrected chi connectivity index (χ3v) is 3.23. The van der Waals surface area contributed by atoms with Crippen LogP contribution in [0.3, 0.4) is 0 Å². The quantitative estimate of drug-likeness (QED) is 0.571. The lowest BCUT2D eigenvalue weighted by Gasteiger charge is -2.30. The summed E-state index contributed by atoms with van der Waals surface area (Å²) in [5, 5.41) is 4.04. The molecule has 88 valence electrons. The molecule has 0 aliphatic carbocycles. The highest BCUT2D eigenvalue weighted by molar-refractivity contribution is 6.06. The zero-order valence-corrected chi connectivity index (χ0v) is 9.21. The van der Waals surface area contributed by atoms with E-state index in [2.05, 4.69) is 10.7 Å². The van der Waals surface area contributed by atoms with Crippen molar-refractivity contribution >= 4 is 17.7 Å². The standard InChI is InChI=1S/C10H15N3O3/c1-7(14)12-13-8(15)6-10(9(13)16)2-4-11-5-3-10/h11H,2-6H2,1H3,(H,12,14). The van der Waals surface area contributed by atoms with E-state index in [0.29, 0.717) is 12.8 Å². The molecule has 2 heterocycles. The van der Waals surface area contributed by atoms with Crippen molar-refractivity contribution in [2.45, 2.75) is 26.2 Å². The summed E-state index contributed by atoms with van der Waals surface area (Å²) in [4.78, 5) is 34.6. The number of carbonyl (C=O) groups is 3. The third kappa shape index (κ3) is 1.69. The zero-order valence-electron chi connectivity index (χ0n) is 9.21. The normalized spacial score (nSPS) is 23.9. The molecule has 2 rings (SSSR count). The predicted molar refractivity (Wildman–Crippen MR) is 54.8 cm³/mol. The maximum Gasteiger partial charge on any atom is 0.255 e. The van der Waals surface area contributed by atoms with Crippen LogP contribution in [0.2, 0.25) is 0 Å². The van der Waals surface area contributed by atoms with E-state index in [0.717, 1.165) is 18.1 Å². The molecular weight excluding hydrogens is 210 g/mol. The van der Waals surface area contributed by atoms with Crippen molar-refractivity contribution in [2.24, 2.45) is 5.41 Å². The van der Waals surface area contributed by atoms with Crippen molar-refractivity contribution in [3.63, 3.8) is 0 Å². The first-order chi connectivity index (χ1) is 7.55. The second-order valence-electron chi connectivity index (χ2n) is 4.41. The Morgan fingerprint density at radius 2 is 2.00 bits per heavy atom. The van der Waals surface area contributed by atoms with Crippen LogP contribution < -0.4 is 10.7 Å². The molecule has 1 spiro atoms. The Hall–Kier alpha value is -1.43. The van der Waals surface area contributed by atoms with Crippen LogP contribution in [0.4, 0.5) is 0 Å². The zero-order chi connectivity index (χ0) is 11.8. The lowest BCUT2D eigenvalue weighted by molar-refractivity contribution is -0.150. The fraction of sp³-hybridized carbons (Fsp3) is 0.700. The van der Waals surface area contributed by atoms with Gasteiger partial charge >= 0.3 is 0 Å². The Labute approximate surface area is 93.3 Å². The highest BCUT2D eigenvalue weighted by Crippen LogP contribution is 2.39. The Kier molecular flexibility index (Phi) is 2.67. The summed E-state index contributed by atoms with van der Waals surface area (Å²) in [6, 6.07) is 0. The molecule has 2 aliphatic heterocycles. The SMILES string of the molecule is CC(=O)NN1C(=O)CC2(CCNCC2)C1=O. The van der Waals surface area contributed by atoms with Gasteiger partial charge in [-0.2, -0.15) is 5.01 Å². The smallest absolute Gasteiger partial charge is 0.255 e. The van der Waals surface area contributed by atoms with Gasteiger partial charge in [0.25, 0.3) is 5.91 Å². The average molecular weight is 225 g/mol. The van der Waals surface area contributed by atoms with E-state index in [1.54, 1.807) is 0 Å². The fourth-order valence-electron chi connectivity index (χ4n) is 2.36. The Morgan fingerprint density at radius 1 is 1.38 bits per heavy atom. The molecule has 0 aromatic carbocycles. The summed E-state index contributed by atoms with van der Waals surface area (Å²) in [7, 11) is 0. The van der Waals surface area contributed by atoms with E-state index in [9.17, 15) is 14.4 Å². The molecule has 0 radical (unpaired) electrons. The minimum atomic E-state index is -0.579. The molecule has 0 atom stereocenters. The number of hydrazine groups is 1. The van der Waals surface area contributed by atoms with Crippen molar-refractivity contribution < 1.29 is 14.4 Å². The van der Waals surface area contributed by atoms with Crippen molar-refractivity contribution in [3.05, 3.63) is 0 Å². The molecular formula is C10H15N3O3. The third-order valence-electron chi connectivity index (χ3n) is 3.23. The molecule has 6 heteroatoms. The summed E-state index contributed by atoms with van der Waals surface area (Å²) < 4.78 is 0. The number of imide groups is 1. The fourth-order valence-corrected chi connectivity index (χ4v) is 2.36. The average Bonchev–Trinajstić information content (AvgIpc) is 2.44. The first kappa shape index (κ1) is 11.1. The van der Waals surface area contributed by atoms with E-state index < -0.39 is 11.3 Å². The van der Waals surface area contributed by atoms with Crippen LogP contribution >= 0.6 is 0 Å². The molecule has 16 heavy (non-hydrogen) atoms. The van der Waals surface area contributed by atoms with Crippen molar-refractivity contribution in [1.82, 2.24) is 15.8 Å². The van der Waals surface area contributed by atoms with E-state index in [1.807, 2.05) is 0 Å². The molecule has 2 fully saturated rings. The van der Waals surface area contributed by atoms with Gasteiger partial charge in [0.2, 0.25) is 11.8 Å². The summed E-state index contributed by atoms with van der Waals surface area (Å²) in [5.74, 6) is -0.955. The van der Waals surface area contributed by atoms with Crippen LogP contribution in [-0.4, -0.2) is 35.8 Å². The van der Waals surface area contributed by atoms with Crippen LogP contribution in [0, 0.1) is 5.41 Å². The second kappa shape index (κ2) is 3.86. The number of piperidine rings is 1. The van der Waals surface area contributed by atoms with Crippen molar-refractivity contribution in [1.29, 1.82) is 0 Å². The van der Waals surface area contributed by atoms with Gasteiger partial charge in [0.15, 0.2) is 0 Å². The predicted octanol–water partition coefficient (Wildman–Crippen LogP) is -0.834. The van der Waals surface area contributed by atoms with Crippen LogP contribution in [0.1, 0.15) is 26.2 Å². The van der Waals surface area contributed by atoms with Gasteiger partial charge < -0.3 is 5.32 Å². The molecule has 6 nitrogen and oxygen atoms in total. The summed E-state index contributed by atoms with van der Waals surface area (Å²) in [6.45, 7) is 2.77. The van der Waals surface area contributed by atoms with E-state index >= 15 is 0 Å². The summed E-state index contributed by atoms with van der Waals surface area (Å²) >= 11 is 0. The van der Waals surface area contributed by atoms with Gasteiger partial charge in [0.05, 0.1) is 5.41 Å². The number of rotatable bonds is 1. The van der Waals surface area contributed by atoms with Crippen molar-refractivity contribution in [3.8, 4) is 0 Å². The topological polar surface area (TPSA) is 78.5 Å². The number of nitrogens with one attached hydrogen (secondary N) is 2. The van der Waals surface area contributed by atoms with E-state index in [-0.39, 0.29) is 18.2 Å². The molecule has 2 saturated heterocycles. The number of hydrogen-bond acceptors (Lipinski definition) is 4. The van der Waals surface area contributed by atoms with Gasteiger partial charge in [-0.3, -0.25) is 19.8 Å². The maximum atomic E-state index is 12.1. The van der Waals surface area contributed by atoms with Crippen LogP contribution in [0.15, 0.2) is 0 Å². The lowest BCUT2D eigenvalue weighted by Crippen LogP contribution is -2.49. The molecule has 3 amide bonds. The van der Waals surface area contributed by atoms with Gasteiger partial charge in [-0.15, -0.1) is 0 Å². The molecule has 0 unspecified atom stereocenters. The molecule has 2 aliphatic rings. The van der Waals surface area contributed by atoms with Crippen LogP contribution in [0.25, 0.3) is 0 Å². The van der Waals surface area contributed by atoms with E-state index in [1.165, 1.54) is 6.92 Å². The van der Waals surface area contributed by atoms with Gasteiger partial charge in [-0.1, -0.05) is 0 Å². The monoisotopic (exact) mass is 225 g/mol. The Morgan fingerprint density at radius 3 is 2.56 bits per heavy atom. The summed E-state index contributed by atoms with van der Waals surface area (Å²) in [5.41, 5.74) is 1.71. The molecule has 2 N–H and O–H groups in total. The maximum absolute atomic E-state index is 12.1. The molecule has 0 aromatic heterocycles. The van der Waals surface area contributed by atoms with Gasteiger partial charge in [-0.05, 0) is 25.9 Å². The number of carbonyl (C=O) groups excluding carboxylic acids is 3. The second-order valence-corrected chi connectivity index (χ2v) is 4.41. The lowest BCUT2D eigenvalue weighted by atomic mass is 9.77. The van der Waals surface area contributed by atoms with Crippen molar-refractivity contribution in [2.75, 3.05) is 13.1 Å².